The van der Waals surface area contributed by atoms with E-state index in [0.717, 1.165) is 15.8 Å². The number of thiophene rings is 1. The Morgan fingerprint density at radius 1 is 1.26 bits per heavy atom. The lowest BCUT2D eigenvalue weighted by Gasteiger charge is -2.10. The number of fused-ring (bicyclic) bond motifs is 1. The van der Waals surface area contributed by atoms with Crippen LogP contribution in [0, 0.1) is 13.8 Å². The summed E-state index contributed by atoms with van der Waals surface area (Å²) >= 11 is 1.56. The van der Waals surface area contributed by atoms with Crippen LogP contribution in [0.15, 0.2) is 0 Å². The van der Waals surface area contributed by atoms with Gasteiger partial charge in [-0.3, -0.25) is 0 Å². The average molecular weight is 299 g/mol. The molecule has 0 bridgehead atoms. The summed E-state index contributed by atoms with van der Waals surface area (Å²) in [4.78, 5) is 10.8. The lowest BCUT2D eigenvalue weighted by atomic mass is 10.2. The van der Waals surface area contributed by atoms with Crippen LogP contribution in [0.4, 0.5) is 5.82 Å². The van der Waals surface area contributed by atoms with Gasteiger partial charge in [-0.1, -0.05) is 0 Å². The van der Waals surface area contributed by atoms with Crippen molar-refractivity contribution in [2.24, 2.45) is 0 Å². The summed E-state index contributed by atoms with van der Waals surface area (Å²) in [6.45, 7) is 5.67. The molecule has 1 unspecified atom stereocenters. The first kappa shape index (κ1) is 14.2. The largest absolute Gasteiger partial charge is 0.372 e. The molecule has 2 heterocycles. The third kappa shape index (κ3) is 2.44. The molecule has 0 radical (unpaired) electrons. The first-order valence-electron chi connectivity index (χ1n) is 5.90. The summed E-state index contributed by atoms with van der Waals surface area (Å²) in [5.41, 5.74) is 1.14. The Hall–Kier alpha value is -1.21. The van der Waals surface area contributed by atoms with E-state index in [0.29, 0.717) is 11.6 Å². The smallest absolute Gasteiger partial charge is 0.157 e. The summed E-state index contributed by atoms with van der Waals surface area (Å²) in [7, 11) is -1.42. The van der Waals surface area contributed by atoms with E-state index in [2.05, 4.69) is 15.3 Å². The van der Waals surface area contributed by atoms with Crippen molar-refractivity contribution in [2.75, 3.05) is 18.6 Å². The molecule has 0 aliphatic carbocycles. The molecule has 1 atom stereocenters. The van der Waals surface area contributed by atoms with Crippen molar-refractivity contribution in [1.82, 2.24) is 9.97 Å². The van der Waals surface area contributed by atoms with E-state index in [4.69, 9.17) is 0 Å². The maximum Gasteiger partial charge on any atom is 0.157 e. The highest BCUT2D eigenvalue weighted by molar-refractivity contribution is 7.90. The van der Waals surface area contributed by atoms with Crippen molar-refractivity contribution >= 4 is 37.2 Å². The molecule has 0 spiro atoms. The minimum atomic E-state index is -3.20. The Bertz CT molecular complexity index is 735. The zero-order valence-electron chi connectivity index (χ0n) is 11.6. The molecule has 0 fully saturated rings. The second-order valence-electron chi connectivity index (χ2n) is 4.62. The summed E-state index contributed by atoms with van der Waals surface area (Å²) in [6, 6.07) is 0. The van der Waals surface area contributed by atoms with E-state index in [-0.39, 0.29) is 0 Å². The van der Waals surface area contributed by atoms with Crippen LogP contribution in [0.25, 0.3) is 10.2 Å². The highest BCUT2D eigenvalue weighted by atomic mass is 32.2. The molecule has 1 N–H and O–H groups in total. The molecule has 5 nitrogen and oxygen atoms in total. The molecule has 0 aliphatic heterocycles. The van der Waals surface area contributed by atoms with Crippen LogP contribution in [-0.2, 0) is 9.84 Å². The lowest BCUT2D eigenvalue weighted by molar-refractivity contribution is 0.589. The Balaban J connectivity index is 2.74. The number of hydrogen-bond acceptors (Lipinski definition) is 6. The molecule has 7 heteroatoms. The van der Waals surface area contributed by atoms with E-state index < -0.39 is 15.1 Å². The number of sulfone groups is 1. The fourth-order valence-electron chi connectivity index (χ4n) is 1.82. The number of hydrogen-bond donors (Lipinski definition) is 1. The molecule has 0 saturated heterocycles. The van der Waals surface area contributed by atoms with Crippen LogP contribution in [0.2, 0.25) is 0 Å². The standard InChI is InChI=1S/C12H17N3O2S2/c1-6-7(2)18-12-9(6)11(13-4)14-10(15-12)8(3)19(5,16)17/h8H,1-5H3,(H,13,14,15). The van der Waals surface area contributed by atoms with E-state index in [1.165, 1.54) is 11.1 Å². The third-order valence-electron chi connectivity index (χ3n) is 3.29. The molecule has 104 valence electrons. The third-order valence-corrected chi connectivity index (χ3v) is 5.89. The Labute approximate surface area is 117 Å². The number of aryl methyl sites for hydroxylation is 2. The van der Waals surface area contributed by atoms with Gasteiger partial charge in [-0.2, -0.15) is 0 Å². The van der Waals surface area contributed by atoms with Gasteiger partial charge < -0.3 is 5.32 Å². The van der Waals surface area contributed by atoms with E-state index >= 15 is 0 Å². The molecule has 2 rings (SSSR count). The fourth-order valence-corrected chi connectivity index (χ4v) is 3.34. The number of anilines is 1. The van der Waals surface area contributed by atoms with Gasteiger partial charge in [-0.05, 0) is 26.3 Å². The molecular weight excluding hydrogens is 282 g/mol. The average Bonchev–Trinajstić information content (AvgIpc) is 2.62. The minimum absolute atomic E-state index is 0.348. The van der Waals surface area contributed by atoms with E-state index in [9.17, 15) is 8.42 Å². The van der Waals surface area contributed by atoms with Crippen molar-refractivity contribution in [2.45, 2.75) is 26.0 Å². The van der Waals surface area contributed by atoms with Gasteiger partial charge in [0.2, 0.25) is 0 Å². The van der Waals surface area contributed by atoms with E-state index in [1.807, 2.05) is 13.8 Å². The van der Waals surface area contributed by atoms with Crippen molar-refractivity contribution < 1.29 is 8.42 Å². The van der Waals surface area contributed by atoms with Gasteiger partial charge in [-0.15, -0.1) is 11.3 Å². The van der Waals surface area contributed by atoms with Crippen LogP contribution < -0.4 is 5.32 Å². The molecule has 19 heavy (non-hydrogen) atoms. The van der Waals surface area contributed by atoms with Crippen LogP contribution in [0.1, 0.15) is 28.4 Å². The highest BCUT2D eigenvalue weighted by Gasteiger charge is 2.23. The Morgan fingerprint density at radius 2 is 1.89 bits per heavy atom. The van der Waals surface area contributed by atoms with Gasteiger partial charge in [-0.25, -0.2) is 18.4 Å². The molecule has 0 aromatic carbocycles. The zero-order chi connectivity index (χ0) is 14.4. The van der Waals surface area contributed by atoms with Gasteiger partial charge in [0, 0.05) is 18.2 Å². The monoisotopic (exact) mass is 299 g/mol. The summed E-state index contributed by atoms with van der Waals surface area (Å²) in [5.74, 6) is 1.04. The van der Waals surface area contributed by atoms with Crippen molar-refractivity contribution in [3.63, 3.8) is 0 Å². The van der Waals surface area contributed by atoms with Gasteiger partial charge in [0.25, 0.3) is 0 Å². The second-order valence-corrected chi connectivity index (χ2v) is 8.18. The predicted molar refractivity (Wildman–Crippen MR) is 79.7 cm³/mol. The zero-order valence-corrected chi connectivity index (χ0v) is 13.2. The Kier molecular flexibility index (Phi) is 3.53. The minimum Gasteiger partial charge on any atom is -0.372 e. The topological polar surface area (TPSA) is 72.0 Å². The SMILES string of the molecule is CNc1nc(C(C)S(C)(=O)=O)nc2sc(C)c(C)c12. The van der Waals surface area contributed by atoms with Crippen LogP contribution >= 0.6 is 11.3 Å². The molecule has 0 saturated carbocycles. The summed E-state index contributed by atoms with van der Waals surface area (Å²) < 4.78 is 23.3. The predicted octanol–water partition coefficient (Wildman–Crippen LogP) is 2.46. The Morgan fingerprint density at radius 3 is 2.42 bits per heavy atom. The van der Waals surface area contributed by atoms with Crippen molar-refractivity contribution in [3.05, 3.63) is 16.3 Å². The van der Waals surface area contributed by atoms with Crippen molar-refractivity contribution in [1.29, 1.82) is 0 Å². The molecule has 2 aromatic rings. The fraction of sp³-hybridized carbons (Fsp3) is 0.500. The number of aromatic nitrogens is 2. The van der Waals surface area contributed by atoms with Gasteiger partial charge >= 0.3 is 0 Å². The highest BCUT2D eigenvalue weighted by Crippen LogP contribution is 2.34. The van der Waals surface area contributed by atoms with E-state index in [1.54, 1.807) is 25.3 Å². The second kappa shape index (κ2) is 4.72. The number of rotatable bonds is 3. The maximum absolute atomic E-state index is 11.6. The molecule has 2 aromatic heterocycles. The van der Waals surface area contributed by atoms with Gasteiger partial charge in [0.15, 0.2) is 9.84 Å². The number of nitrogens with one attached hydrogen (secondary N) is 1. The summed E-state index contributed by atoms with van der Waals surface area (Å²) in [6.07, 6.45) is 1.20. The lowest BCUT2D eigenvalue weighted by Crippen LogP contribution is -2.12. The first-order chi connectivity index (χ1) is 8.75. The van der Waals surface area contributed by atoms with Gasteiger partial charge in [0.05, 0.1) is 5.39 Å². The normalized spacial score (nSPS) is 13.7. The molecular formula is C12H17N3O2S2. The van der Waals surface area contributed by atoms with Gasteiger partial charge in [0.1, 0.15) is 21.7 Å². The van der Waals surface area contributed by atoms with Crippen LogP contribution in [0.3, 0.4) is 0 Å². The number of nitrogens with zero attached hydrogens (tertiary/aromatic N) is 2. The van der Waals surface area contributed by atoms with Crippen LogP contribution in [0.5, 0.6) is 0 Å². The van der Waals surface area contributed by atoms with Crippen molar-refractivity contribution in [3.8, 4) is 0 Å². The summed E-state index contributed by atoms with van der Waals surface area (Å²) in [5, 5.41) is 3.31. The molecule has 0 aliphatic rings. The maximum atomic E-state index is 11.6. The first-order valence-corrected chi connectivity index (χ1v) is 8.67. The van der Waals surface area contributed by atoms with Crippen LogP contribution in [-0.4, -0.2) is 31.7 Å². The molecule has 0 amide bonds. The quantitative estimate of drug-likeness (QED) is 0.942.